The van der Waals surface area contributed by atoms with Gasteiger partial charge in [-0.15, -0.1) is 0 Å². The predicted octanol–water partition coefficient (Wildman–Crippen LogP) is 1.64. The van der Waals surface area contributed by atoms with Crippen molar-refractivity contribution in [2.24, 2.45) is 23.5 Å². The van der Waals surface area contributed by atoms with Crippen LogP contribution >= 0.6 is 0 Å². The van der Waals surface area contributed by atoms with Gasteiger partial charge in [0.2, 0.25) is 0 Å². The molecular weight excluding hydrogens is 531 g/mol. The SMILES string of the molecule is Cc1cc(CNC(=O)c2cc(C(=O)N[C@H]3CCC4C=C(/C(N)=[NH+]/OC(=O)OCC(C)C)C=CC43)ncn2)ccc1F. The van der Waals surface area contributed by atoms with Gasteiger partial charge in [0.25, 0.3) is 11.8 Å². The third-order valence-corrected chi connectivity index (χ3v) is 6.88. The standard InChI is InChI=1S/C29H33FN6O5/c1-16(2)14-40-29(39)41-36-26(31)20-5-7-21-19(11-20)6-9-23(21)35-28(38)25-12-24(33-15-34-25)27(37)32-13-18-4-8-22(30)17(3)10-18/h4-5,7-8,10-12,15-16,19,21,23H,6,9,13-14H2,1-3H3,(H2,31,36)(H,32,37)(H,35,38)/p+1/t19?,21?,23-/m0/s1. The van der Waals surface area contributed by atoms with E-state index in [0.29, 0.717) is 11.1 Å². The fourth-order valence-electron chi connectivity index (χ4n) is 4.73. The van der Waals surface area contributed by atoms with E-state index in [1.54, 1.807) is 19.1 Å². The van der Waals surface area contributed by atoms with Gasteiger partial charge in [0, 0.05) is 24.6 Å². The van der Waals surface area contributed by atoms with E-state index >= 15 is 0 Å². The smallest absolute Gasteiger partial charge is 0.431 e. The summed E-state index contributed by atoms with van der Waals surface area (Å²) in [6, 6.07) is 5.79. The Morgan fingerprint density at radius 3 is 2.63 bits per heavy atom. The summed E-state index contributed by atoms with van der Waals surface area (Å²) < 4.78 is 18.4. The molecule has 1 saturated carbocycles. The maximum atomic E-state index is 13.5. The quantitative estimate of drug-likeness (QED) is 0.117. The molecule has 1 fully saturated rings. The average Bonchev–Trinajstić information content (AvgIpc) is 3.36. The molecule has 0 spiro atoms. The Balaban J connectivity index is 1.31. The van der Waals surface area contributed by atoms with Crippen molar-refractivity contribution in [3.05, 3.63) is 82.7 Å². The molecule has 2 aromatic rings. The second-order valence-electron chi connectivity index (χ2n) is 10.5. The number of halogens is 1. The highest BCUT2D eigenvalue weighted by molar-refractivity contribution is 5.97. The van der Waals surface area contributed by atoms with E-state index in [0.717, 1.165) is 18.4 Å². The molecule has 4 rings (SSSR count). The molecule has 1 heterocycles. The molecule has 1 aromatic heterocycles. The van der Waals surface area contributed by atoms with Crippen molar-refractivity contribution < 1.29 is 33.5 Å². The topological polar surface area (TPSA) is 160 Å². The Morgan fingerprint density at radius 1 is 1.15 bits per heavy atom. The number of aromatic nitrogens is 2. The lowest BCUT2D eigenvalue weighted by molar-refractivity contribution is -0.725. The van der Waals surface area contributed by atoms with Gasteiger partial charge in [-0.1, -0.05) is 49.4 Å². The Morgan fingerprint density at radius 2 is 1.90 bits per heavy atom. The van der Waals surface area contributed by atoms with Crippen LogP contribution in [0.4, 0.5) is 9.18 Å². The van der Waals surface area contributed by atoms with Gasteiger partial charge in [-0.25, -0.2) is 19.2 Å². The highest BCUT2D eigenvalue weighted by Crippen LogP contribution is 2.37. The molecule has 0 radical (unpaired) electrons. The van der Waals surface area contributed by atoms with Gasteiger partial charge in [-0.05, 0) is 48.8 Å². The summed E-state index contributed by atoms with van der Waals surface area (Å²) in [6.45, 7) is 5.90. The highest BCUT2D eigenvalue weighted by Gasteiger charge is 2.37. The number of rotatable bonds is 9. The first-order valence-corrected chi connectivity index (χ1v) is 13.4. The molecule has 2 aliphatic rings. The maximum Gasteiger partial charge on any atom is 0.551 e. The lowest BCUT2D eigenvalue weighted by atomic mass is 9.86. The highest BCUT2D eigenvalue weighted by atomic mass is 19.1. The second kappa shape index (κ2) is 13.2. The Bertz CT molecular complexity index is 1410. The Hall–Kier alpha value is -4.61. The average molecular weight is 566 g/mol. The second-order valence-corrected chi connectivity index (χ2v) is 10.5. The van der Waals surface area contributed by atoms with Crippen LogP contribution in [0.5, 0.6) is 0 Å². The van der Waals surface area contributed by atoms with Crippen molar-refractivity contribution in [3.8, 4) is 0 Å². The van der Waals surface area contributed by atoms with Gasteiger partial charge in [0.05, 0.1) is 12.2 Å². The molecule has 0 bridgehead atoms. The molecule has 11 nitrogen and oxygen atoms in total. The number of carbonyl (C=O) groups excluding carboxylic acids is 3. The number of fused-ring (bicyclic) bond motifs is 1. The van der Waals surface area contributed by atoms with Gasteiger partial charge in [0.15, 0.2) is 0 Å². The molecule has 5 N–H and O–H groups in total. The molecule has 2 amide bonds. The number of carbonyl (C=O) groups is 3. The van der Waals surface area contributed by atoms with E-state index in [1.165, 1.54) is 18.5 Å². The first kappa shape index (κ1) is 29.4. The van der Waals surface area contributed by atoms with Crippen LogP contribution < -0.4 is 21.5 Å². The largest absolute Gasteiger partial charge is 0.551 e. The number of nitrogens with zero attached hydrogens (tertiary/aromatic N) is 2. The van der Waals surface area contributed by atoms with Crippen molar-refractivity contribution in [3.63, 3.8) is 0 Å². The normalized spacial score (nSPS) is 19.8. The third kappa shape index (κ3) is 7.74. The number of aryl methyl sites for hydroxylation is 1. The van der Waals surface area contributed by atoms with Crippen molar-refractivity contribution in [1.82, 2.24) is 20.6 Å². The first-order valence-electron chi connectivity index (χ1n) is 13.4. The van der Waals surface area contributed by atoms with Crippen LogP contribution in [0.2, 0.25) is 0 Å². The lowest BCUT2D eigenvalue weighted by Gasteiger charge is -2.23. The number of hydrogen-bond donors (Lipinski definition) is 4. The monoisotopic (exact) mass is 565 g/mol. The summed E-state index contributed by atoms with van der Waals surface area (Å²) >= 11 is 0. The summed E-state index contributed by atoms with van der Waals surface area (Å²) in [5, 5.41) is 8.17. The van der Waals surface area contributed by atoms with Crippen LogP contribution in [0.1, 0.15) is 58.8 Å². The molecular formula is C29H34FN6O5+. The summed E-state index contributed by atoms with van der Waals surface area (Å²) in [5.41, 5.74) is 8.08. The van der Waals surface area contributed by atoms with Crippen LogP contribution in [0.3, 0.4) is 0 Å². The molecule has 2 aliphatic carbocycles. The summed E-state index contributed by atoms with van der Waals surface area (Å²) in [7, 11) is 0. The Labute approximate surface area is 237 Å². The minimum Gasteiger partial charge on any atom is -0.431 e. The zero-order chi connectivity index (χ0) is 29.5. The van der Waals surface area contributed by atoms with Crippen LogP contribution in [0.15, 0.2) is 54.4 Å². The molecule has 0 aliphatic heterocycles. The van der Waals surface area contributed by atoms with Crippen molar-refractivity contribution in [2.45, 2.75) is 46.2 Å². The van der Waals surface area contributed by atoms with Gasteiger partial charge >= 0.3 is 12.0 Å². The fourth-order valence-corrected chi connectivity index (χ4v) is 4.73. The van der Waals surface area contributed by atoms with E-state index < -0.39 is 18.0 Å². The van der Waals surface area contributed by atoms with Crippen LogP contribution in [0, 0.1) is 30.5 Å². The number of amidine groups is 1. The van der Waals surface area contributed by atoms with Crippen molar-refractivity contribution >= 4 is 23.8 Å². The van der Waals surface area contributed by atoms with Crippen molar-refractivity contribution in [1.29, 1.82) is 0 Å². The summed E-state index contributed by atoms with van der Waals surface area (Å²) in [4.78, 5) is 50.2. The number of nitrogens with one attached hydrogen (secondary N) is 3. The number of nitrogens with two attached hydrogens (primary N) is 1. The molecule has 0 saturated heterocycles. The number of benzene rings is 1. The minimum atomic E-state index is -0.864. The molecule has 216 valence electrons. The van der Waals surface area contributed by atoms with Gasteiger partial charge in [0.1, 0.15) is 23.5 Å². The van der Waals surface area contributed by atoms with Crippen molar-refractivity contribution in [2.75, 3.05) is 6.61 Å². The van der Waals surface area contributed by atoms with Crippen LogP contribution in [-0.2, 0) is 16.1 Å². The van der Waals surface area contributed by atoms with Gasteiger partial charge in [-0.3, -0.25) is 15.3 Å². The van der Waals surface area contributed by atoms with E-state index in [1.807, 2.05) is 32.1 Å². The summed E-state index contributed by atoms with van der Waals surface area (Å²) in [5.74, 6) is -0.686. The first-order chi connectivity index (χ1) is 19.6. The minimum absolute atomic E-state index is 0.0381. The van der Waals surface area contributed by atoms with E-state index in [9.17, 15) is 18.8 Å². The van der Waals surface area contributed by atoms with E-state index in [-0.39, 0.29) is 60.0 Å². The van der Waals surface area contributed by atoms with Crippen LogP contribution in [-0.4, -0.2) is 46.4 Å². The van der Waals surface area contributed by atoms with Gasteiger partial charge in [-0.2, -0.15) is 4.79 Å². The lowest BCUT2D eigenvalue weighted by Crippen LogP contribution is -2.75. The Kier molecular flexibility index (Phi) is 9.43. The molecule has 12 heteroatoms. The molecule has 3 atom stereocenters. The number of ether oxygens (including phenoxy) is 1. The molecule has 2 unspecified atom stereocenters. The maximum absolute atomic E-state index is 13.5. The number of hydrogen-bond acceptors (Lipinski definition) is 7. The fraction of sp³-hybridized carbons (Fsp3) is 0.379. The molecule has 41 heavy (non-hydrogen) atoms. The predicted molar refractivity (Wildman–Crippen MR) is 146 cm³/mol. The summed E-state index contributed by atoms with van der Waals surface area (Å²) in [6.07, 6.45) is 7.62. The van der Waals surface area contributed by atoms with Gasteiger partial charge < -0.3 is 15.4 Å². The number of allylic oxidation sites excluding steroid dienone is 1. The third-order valence-electron chi connectivity index (χ3n) is 6.88. The number of amides is 2. The van der Waals surface area contributed by atoms with E-state index in [2.05, 4.69) is 25.8 Å². The van der Waals surface area contributed by atoms with Crippen LogP contribution in [0.25, 0.3) is 0 Å². The zero-order valence-electron chi connectivity index (χ0n) is 23.1. The molecule has 1 aromatic carbocycles. The van der Waals surface area contributed by atoms with E-state index in [4.69, 9.17) is 15.3 Å². The zero-order valence-corrected chi connectivity index (χ0v) is 23.1.